The van der Waals surface area contributed by atoms with Crippen LogP contribution in [0.3, 0.4) is 0 Å². The number of fused-ring (bicyclic) bond motifs is 3. The molecular formula is C30H42O8. The number of aliphatic hydroxyl groups excluding tert-OH is 1. The second-order valence-corrected chi connectivity index (χ2v) is 12.6. The number of allylic oxidation sites excluding steroid dienone is 3. The van der Waals surface area contributed by atoms with Crippen LogP contribution < -0.4 is 0 Å². The summed E-state index contributed by atoms with van der Waals surface area (Å²) in [6.45, 7) is 14.1. The van der Waals surface area contributed by atoms with E-state index < -0.39 is 58.2 Å². The Morgan fingerprint density at radius 1 is 1.21 bits per heavy atom. The Morgan fingerprint density at radius 2 is 1.87 bits per heavy atom. The van der Waals surface area contributed by atoms with Crippen LogP contribution in [0.2, 0.25) is 0 Å². The first-order chi connectivity index (χ1) is 17.5. The zero-order valence-electron chi connectivity index (χ0n) is 23.8. The predicted molar refractivity (Wildman–Crippen MR) is 140 cm³/mol. The number of carbonyl (C=O) groups excluding carboxylic acids is 3. The van der Waals surface area contributed by atoms with Gasteiger partial charge < -0.3 is 24.4 Å². The van der Waals surface area contributed by atoms with E-state index in [9.17, 15) is 24.6 Å². The van der Waals surface area contributed by atoms with Crippen LogP contribution in [0.5, 0.6) is 0 Å². The Kier molecular flexibility index (Phi) is 7.34. The number of aliphatic hydroxyl groups is 2. The van der Waals surface area contributed by atoms with Gasteiger partial charge in [-0.2, -0.15) is 0 Å². The van der Waals surface area contributed by atoms with Crippen molar-refractivity contribution in [3.05, 3.63) is 34.6 Å². The van der Waals surface area contributed by atoms with E-state index >= 15 is 0 Å². The van der Waals surface area contributed by atoms with Gasteiger partial charge in [0.05, 0.1) is 29.5 Å². The van der Waals surface area contributed by atoms with Crippen LogP contribution in [-0.2, 0) is 28.6 Å². The van der Waals surface area contributed by atoms with E-state index in [-0.39, 0.29) is 29.1 Å². The molecule has 0 spiro atoms. The van der Waals surface area contributed by atoms with Gasteiger partial charge in [0.25, 0.3) is 0 Å². The van der Waals surface area contributed by atoms with Crippen LogP contribution in [0.1, 0.15) is 81.1 Å². The van der Waals surface area contributed by atoms with E-state index in [0.29, 0.717) is 25.7 Å². The van der Waals surface area contributed by atoms with E-state index in [1.807, 2.05) is 26.8 Å². The summed E-state index contributed by atoms with van der Waals surface area (Å²) in [5.74, 6) is -2.57. The average molecular weight is 531 g/mol. The molecule has 0 unspecified atom stereocenters. The van der Waals surface area contributed by atoms with Gasteiger partial charge in [0.15, 0.2) is 11.5 Å². The maximum atomic E-state index is 13.8. The molecular weight excluding hydrogens is 488 g/mol. The smallest absolute Gasteiger partial charge is 0.303 e. The number of hydrogen-bond acceptors (Lipinski definition) is 8. The van der Waals surface area contributed by atoms with Gasteiger partial charge in [0, 0.05) is 29.7 Å². The van der Waals surface area contributed by atoms with Gasteiger partial charge >= 0.3 is 5.97 Å². The van der Waals surface area contributed by atoms with Gasteiger partial charge in [-0.1, -0.05) is 19.9 Å². The summed E-state index contributed by atoms with van der Waals surface area (Å²) in [6.07, 6.45) is 3.07. The van der Waals surface area contributed by atoms with Crippen molar-refractivity contribution < 1.29 is 38.8 Å². The molecule has 8 heteroatoms. The van der Waals surface area contributed by atoms with Gasteiger partial charge in [-0.25, -0.2) is 0 Å². The molecule has 0 aromatic rings. The van der Waals surface area contributed by atoms with Crippen molar-refractivity contribution in [2.45, 2.75) is 117 Å². The fraction of sp³-hybridized carbons (Fsp3) is 0.700. The normalized spacial score (nSPS) is 37.3. The summed E-state index contributed by atoms with van der Waals surface area (Å²) in [5, 5.41) is 22.3. The summed E-state index contributed by atoms with van der Waals surface area (Å²) < 4.78 is 18.4. The van der Waals surface area contributed by atoms with E-state index in [1.54, 1.807) is 20.8 Å². The van der Waals surface area contributed by atoms with Crippen LogP contribution in [0.4, 0.5) is 0 Å². The van der Waals surface area contributed by atoms with Crippen molar-refractivity contribution in [1.29, 1.82) is 0 Å². The van der Waals surface area contributed by atoms with Crippen molar-refractivity contribution in [2.24, 2.45) is 17.3 Å². The maximum absolute atomic E-state index is 13.8. The number of esters is 1. The molecule has 2 aliphatic carbocycles. The Morgan fingerprint density at radius 3 is 2.45 bits per heavy atom. The highest BCUT2D eigenvalue weighted by atomic mass is 16.5. The Hall–Kier alpha value is -2.29. The minimum Gasteiger partial charge on any atom is -0.482 e. The SMILES string of the molecule is C/C=C(\C)[C@@H](OC(C)=O)[C@@H](C)C1=CC(=O)C2=C(O[C@]3(C)CC[C@H]4O[C@@H](C(C)(C)O)CC[C@]4(C)[C@H]3[C@@H]2O)C1=O. The molecule has 2 fully saturated rings. The van der Waals surface area contributed by atoms with Crippen molar-refractivity contribution in [2.75, 3.05) is 0 Å². The topological polar surface area (TPSA) is 119 Å². The fourth-order valence-electron chi connectivity index (χ4n) is 7.24. The summed E-state index contributed by atoms with van der Waals surface area (Å²) in [6, 6.07) is 0. The molecule has 0 amide bonds. The Balaban J connectivity index is 1.68. The maximum Gasteiger partial charge on any atom is 0.303 e. The third-order valence-electron chi connectivity index (χ3n) is 9.42. The lowest BCUT2D eigenvalue weighted by atomic mass is 9.52. The van der Waals surface area contributed by atoms with E-state index in [1.165, 1.54) is 13.0 Å². The van der Waals surface area contributed by atoms with Crippen LogP contribution in [-0.4, -0.2) is 63.4 Å². The first-order valence-corrected chi connectivity index (χ1v) is 13.6. The highest BCUT2D eigenvalue weighted by Crippen LogP contribution is 2.59. The monoisotopic (exact) mass is 530 g/mol. The van der Waals surface area contributed by atoms with Crippen LogP contribution in [0.25, 0.3) is 0 Å². The van der Waals surface area contributed by atoms with Crippen LogP contribution in [0, 0.1) is 17.3 Å². The highest BCUT2D eigenvalue weighted by Gasteiger charge is 2.64. The molecule has 1 saturated carbocycles. The summed E-state index contributed by atoms with van der Waals surface area (Å²) >= 11 is 0. The molecule has 0 aromatic heterocycles. The molecule has 2 aliphatic heterocycles. The van der Waals surface area contributed by atoms with E-state index in [0.717, 1.165) is 5.57 Å². The minimum absolute atomic E-state index is 0.00768. The predicted octanol–water partition coefficient (Wildman–Crippen LogP) is 3.74. The lowest BCUT2D eigenvalue weighted by molar-refractivity contribution is -0.260. The van der Waals surface area contributed by atoms with Crippen molar-refractivity contribution in [3.8, 4) is 0 Å². The van der Waals surface area contributed by atoms with Crippen molar-refractivity contribution >= 4 is 17.5 Å². The molecule has 210 valence electrons. The molecule has 0 radical (unpaired) electrons. The Bertz CT molecular complexity index is 1120. The van der Waals surface area contributed by atoms with Crippen molar-refractivity contribution in [1.82, 2.24) is 0 Å². The van der Waals surface area contributed by atoms with Crippen LogP contribution in [0.15, 0.2) is 34.6 Å². The number of ether oxygens (including phenoxy) is 3. The largest absolute Gasteiger partial charge is 0.482 e. The quantitative estimate of drug-likeness (QED) is 0.314. The number of hydrogen-bond donors (Lipinski definition) is 2. The zero-order chi connectivity index (χ0) is 28.4. The highest BCUT2D eigenvalue weighted by molar-refractivity contribution is 6.22. The standard InChI is InChI=1S/C30H42O8/c1-9-15(2)25(36-17(4)31)16(3)18-14-19(32)22-24(34)27-29(7)12-10-20(28(5,6)35)37-21(29)11-13-30(27,8)38-26(22)23(18)33/h9,14,16,20-21,24-25,27,34-35H,10-13H2,1-8H3/b15-9+/t16-,20+,21+,24+,25+,27+,29-,30+/m0/s1. The first kappa shape index (κ1) is 28.7. The molecule has 0 bridgehead atoms. The second kappa shape index (κ2) is 9.72. The van der Waals surface area contributed by atoms with E-state index in [2.05, 4.69) is 6.92 Å². The third kappa shape index (κ3) is 4.58. The fourth-order valence-corrected chi connectivity index (χ4v) is 7.24. The summed E-state index contributed by atoms with van der Waals surface area (Å²) in [7, 11) is 0. The summed E-state index contributed by atoms with van der Waals surface area (Å²) in [4.78, 5) is 39.1. The third-order valence-corrected chi connectivity index (χ3v) is 9.42. The second-order valence-electron chi connectivity index (χ2n) is 12.6. The molecule has 38 heavy (non-hydrogen) atoms. The van der Waals surface area contributed by atoms with Gasteiger partial charge in [-0.15, -0.1) is 0 Å². The molecule has 4 rings (SSSR count). The zero-order valence-corrected chi connectivity index (χ0v) is 23.8. The molecule has 8 nitrogen and oxygen atoms in total. The lowest BCUT2D eigenvalue weighted by Gasteiger charge is -2.61. The van der Waals surface area contributed by atoms with Crippen LogP contribution >= 0.6 is 0 Å². The summed E-state index contributed by atoms with van der Waals surface area (Å²) in [5.41, 5.74) is -1.44. The van der Waals surface area contributed by atoms with Gasteiger partial charge in [0.1, 0.15) is 11.7 Å². The molecule has 2 N–H and O–H groups in total. The molecule has 8 atom stereocenters. The number of rotatable bonds is 5. The minimum atomic E-state index is -1.20. The number of ketones is 2. The first-order valence-electron chi connectivity index (χ1n) is 13.6. The average Bonchev–Trinajstić information content (AvgIpc) is 2.81. The lowest BCUT2D eigenvalue weighted by Crippen LogP contribution is -2.66. The van der Waals surface area contributed by atoms with Gasteiger partial charge in [-0.3, -0.25) is 14.4 Å². The molecule has 0 aromatic carbocycles. The van der Waals surface area contributed by atoms with E-state index in [4.69, 9.17) is 14.2 Å². The molecule has 1 saturated heterocycles. The van der Waals surface area contributed by atoms with Crippen molar-refractivity contribution in [3.63, 3.8) is 0 Å². The number of Topliss-reactive ketones (excluding diaryl/α,β-unsaturated/α-hetero) is 1. The molecule has 2 heterocycles. The Labute approximate surface area is 225 Å². The number of carbonyl (C=O) groups is 3. The van der Waals surface area contributed by atoms with Gasteiger partial charge in [-0.05, 0) is 72.0 Å². The molecule has 4 aliphatic rings. The van der Waals surface area contributed by atoms with Gasteiger partial charge in [0.2, 0.25) is 5.78 Å².